The molecular formula is C13H21N5O. The van der Waals surface area contributed by atoms with E-state index in [4.69, 9.17) is 10.5 Å². The van der Waals surface area contributed by atoms with Crippen LogP contribution in [0.3, 0.4) is 0 Å². The van der Waals surface area contributed by atoms with Crippen LogP contribution < -0.4 is 5.73 Å². The molecule has 2 N–H and O–H groups in total. The predicted octanol–water partition coefficient (Wildman–Crippen LogP) is 1.67. The molecule has 3 rings (SSSR count). The minimum absolute atomic E-state index is 0.118. The molecule has 1 saturated heterocycles. The van der Waals surface area contributed by atoms with Crippen molar-refractivity contribution in [2.24, 2.45) is 0 Å². The van der Waals surface area contributed by atoms with Gasteiger partial charge >= 0.3 is 0 Å². The molecule has 6 heteroatoms. The number of ether oxygens (including phenoxy) is 1. The van der Waals surface area contributed by atoms with Crippen molar-refractivity contribution >= 4 is 17.1 Å². The number of aryl methyl sites for hydroxylation is 2. The van der Waals surface area contributed by atoms with Crippen LogP contribution in [0.25, 0.3) is 11.2 Å². The molecule has 2 unspecified atom stereocenters. The first-order valence-corrected chi connectivity index (χ1v) is 6.82. The Labute approximate surface area is 112 Å². The molecule has 19 heavy (non-hydrogen) atoms. The molecule has 1 fully saturated rings. The van der Waals surface area contributed by atoms with Crippen LogP contribution in [-0.4, -0.2) is 32.0 Å². The van der Waals surface area contributed by atoms with Gasteiger partial charge in [-0.25, -0.2) is 9.67 Å². The van der Waals surface area contributed by atoms with E-state index in [1.54, 1.807) is 0 Å². The van der Waals surface area contributed by atoms with Gasteiger partial charge in [0.1, 0.15) is 5.52 Å². The Hall–Kier alpha value is -1.56. The fourth-order valence-corrected chi connectivity index (χ4v) is 3.03. The van der Waals surface area contributed by atoms with Crippen molar-refractivity contribution < 1.29 is 4.74 Å². The lowest BCUT2D eigenvalue weighted by Gasteiger charge is -2.30. The number of imidazole rings is 1. The minimum Gasteiger partial charge on any atom is -0.376 e. The molecule has 2 atom stereocenters. The third kappa shape index (κ3) is 1.52. The average molecular weight is 263 g/mol. The zero-order valence-electron chi connectivity index (χ0n) is 12.0. The first-order valence-electron chi connectivity index (χ1n) is 6.82. The maximum absolute atomic E-state index is 6.17. The summed E-state index contributed by atoms with van der Waals surface area (Å²) in [4.78, 5) is 4.51. The number of hydrogen-bond donors (Lipinski definition) is 1. The number of aromatic nitrogens is 4. The SMILES string of the molecule is CCn1nc(C)c2nc(N)n(C3(C)CCOC3C)c21. The van der Waals surface area contributed by atoms with Gasteiger partial charge in [-0.15, -0.1) is 0 Å². The van der Waals surface area contributed by atoms with Crippen LogP contribution in [-0.2, 0) is 16.8 Å². The topological polar surface area (TPSA) is 70.9 Å². The van der Waals surface area contributed by atoms with Gasteiger partial charge in [0.15, 0.2) is 5.65 Å². The summed E-state index contributed by atoms with van der Waals surface area (Å²) in [5.74, 6) is 0.553. The van der Waals surface area contributed by atoms with Crippen molar-refractivity contribution in [1.82, 2.24) is 19.3 Å². The second-order valence-corrected chi connectivity index (χ2v) is 5.50. The molecular weight excluding hydrogens is 242 g/mol. The summed E-state index contributed by atoms with van der Waals surface area (Å²) in [5, 5.41) is 4.53. The Bertz CT molecular complexity index is 629. The van der Waals surface area contributed by atoms with Gasteiger partial charge in [0.2, 0.25) is 5.95 Å². The summed E-state index contributed by atoms with van der Waals surface area (Å²) < 4.78 is 9.83. The molecule has 0 aliphatic carbocycles. The maximum Gasteiger partial charge on any atom is 0.203 e. The third-order valence-electron chi connectivity index (χ3n) is 4.40. The van der Waals surface area contributed by atoms with Gasteiger partial charge in [0, 0.05) is 13.2 Å². The van der Waals surface area contributed by atoms with Gasteiger partial charge in [-0.2, -0.15) is 5.10 Å². The van der Waals surface area contributed by atoms with Crippen LogP contribution in [0.4, 0.5) is 5.95 Å². The molecule has 0 spiro atoms. The van der Waals surface area contributed by atoms with E-state index in [1.807, 2.05) is 11.6 Å². The summed E-state index contributed by atoms with van der Waals surface area (Å²) in [6, 6.07) is 0. The van der Waals surface area contributed by atoms with Crippen LogP contribution in [0.5, 0.6) is 0 Å². The molecule has 1 aliphatic heterocycles. The fourth-order valence-electron chi connectivity index (χ4n) is 3.03. The lowest BCUT2D eigenvalue weighted by atomic mass is 9.94. The number of rotatable bonds is 2. The molecule has 2 aromatic heterocycles. The van der Waals surface area contributed by atoms with E-state index in [0.29, 0.717) is 5.95 Å². The Balaban J connectivity index is 2.31. The van der Waals surface area contributed by atoms with Crippen molar-refractivity contribution in [2.75, 3.05) is 12.3 Å². The number of nitrogen functional groups attached to an aromatic ring is 1. The summed E-state index contributed by atoms with van der Waals surface area (Å²) in [6.45, 7) is 9.90. The summed E-state index contributed by atoms with van der Waals surface area (Å²) >= 11 is 0. The van der Waals surface area contributed by atoms with Crippen LogP contribution in [0, 0.1) is 6.92 Å². The predicted molar refractivity (Wildman–Crippen MR) is 74.0 cm³/mol. The Morgan fingerprint density at radius 3 is 2.84 bits per heavy atom. The van der Waals surface area contributed by atoms with Gasteiger partial charge in [0.05, 0.1) is 17.3 Å². The van der Waals surface area contributed by atoms with Crippen LogP contribution >= 0.6 is 0 Å². The number of anilines is 1. The zero-order valence-corrected chi connectivity index (χ0v) is 12.0. The largest absolute Gasteiger partial charge is 0.376 e. The Morgan fingerprint density at radius 2 is 2.26 bits per heavy atom. The lowest BCUT2D eigenvalue weighted by Crippen LogP contribution is -2.38. The van der Waals surface area contributed by atoms with Gasteiger partial charge in [0.25, 0.3) is 0 Å². The van der Waals surface area contributed by atoms with E-state index in [-0.39, 0.29) is 11.6 Å². The van der Waals surface area contributed by atoms with Crippen LogP contribution in [0.15, 0.2) is 0 Å². The second kappa shape index (κ2) is 3.96. The minimum atomic E-state index is -0.155. The molecule has 0 saturated carbocycles. The zero-order chi connectivity index (χ0) is 13.8. The lowest BCUT2D eigenvalue weighted by molar-refractivity contribution is 0.0778. The van der Waals surface area contributed by atoms with E-state index in [1.165, 1.54) is 0 Å². The monoisotopic (exact) mass is 263 g/mol. The summed E-state index contributed by atoms with van der Waals surface area (Å²) in [7, 11) is 0. The number of hydrogen-bond acceptors (Lipinski definition) is 4. The number of nitrogens with zero attached hydrogens (tertiary/aromatic N) is 4. The second-order valence-electron chi connectivity index (χ2n) is 5.50. The van der Waals surface area contributed by atoms with Gasteiger partial charge < -0.3 is 10.5 Å². The first-order chi connectivity index (χ1) is 8.99. The van der Waals surface area contributed by atoms with E-state index in [9.17, 15) is 0 Å². The van der Waals surface area contributed by atoms with E-state index >= 15 is 0 Å². The van der Waals surface area contributed by atoms with E-state index in [0.717, 1.165) is 36.4 Å². The van der Waals surface area contributed by atoms with E-state index < -0.39 is 0 Å². The molecule has 0 amide bonds. The van der Waals surface area contributed by atoms with Gasteiger partial charge in [-0.1, -0.05) is 0 Å². The fraction of sp³-hybridized carbons (Fsp3) is 0.692. The maximum atomic E-state index is 6.17. The highest BCUT2D eigenvalue weighted by Gasteiger charge is 2.42. The molecule has 3 heterocycles. The molecule has 0 bridgehead atoms. The normalized spacial score (nSPS) is 27.5. The van der Waals surface area contributed by atoms with Crippen LogP contribution in [0.2, 0.25) is 0 Å². The molecule has 2 aromatic rings. The third-order valence-corrected chi connectivity index (χ3v) is 4.40. The quantitative estimate of drug-likeness (QED) is 0.894. The Morgan fingerprint density at radius 1 is 1.53 bits per heavy atom. The Kier molecular flexibility index (Phi) is 2.60. The highest BCUT2D eigenvalue weighted by Crippen LogP contribution is 2.38. The van der Waals surface area contributed by atoms with Crippen LogP contribution in [0.1, 0.15) is 32.9 Å². The molecule has 104 valence electrons. The van der Waals surface area contributed by atoms with E-state index in [2.05, 4.69) is 35.4 Å². The standard InChI is InChI=1S/C13H21N5O/c1-5-17-11-10(8(2)16-17)15-12(14)18(11)13(4)6-7-19-9(13)3/h9H,5-7H2,1-4H3,(H2,14,15). The number of nitrogens with two attached hydrogens (primary N) is 1. The first kappa shape index (κ1) is 12.5. The summed E-state index contributed by atoms with van der Waals surface area (Å²) in [5.41, 5.74) is 8.86. The smallest absolute Gasteiger partial charge is 0.203 e. The van der Waals surface area contributed by atoms with Crippen molar-refractivity contribution in [3.05, 3.63) is 5.69 Å². The molecule has 6 nitrogen and oxygen atoms in total. The summed E-state index contributed by atoms with van der Waals surface area (Å²) in [6.07, 6.45) is 1.06. The highest BCUT2D eigenvalue weighted by molar-refractivity contribution is 5.78. The van der Waals surface area contributed by atoms with Crippen molar-refractivity contribution in [3.63, 3.8) is 0 Å². The number of fused-ring (bicyclic) bond motifs is 1. The van der Waals surface area contributed by atoms with Crippen molar-refractivity contribution in [3.8, 4) is 0 Å². The van der Waals surface area contributed by atoms with Crippen molar-refractivity contribution in [2.45, 2.75) is 52.3 Å². The van der Waals surface area contributed by atoms with Gasteiger partial charge in [-0.3, -0.25) is 4.57 Å². The average Bonchev–Trinajstić information content (AvgIpc) is 2.96. The van der Waals surface area contributed by atoms with Gasteiger partial charge in [-0.05, 0) is 34.1 Å². The molecule has 1 aliphatic rings. The molecule has 0 aromatic carbocycles. The highest BCUT2D eigenvalue weighted by atomic mass is 16.5. The molecule has 0 radical (unpaired) electrons. The van der Waals surface area contributed by atoms with Crippen molar-refractivity contribution in [1.29, 1.82) is 0 Å².